The molecule has 2 bridgehead atoms. The van der Waals surface area contributed by atoms with E-state index in [1.165, 1.54) is 0 Å². The number of nitrogens with zero attached hydrogens (tertiary/aromatic N) is 2. The van der Waals surface area contributed by atoms with Crippen molar-refractivity contribution in [2.24, 2.45) is 11.7 Å². The summed E-state index contributed by atoms with van der Waals surface area (Å²) in [6.07, 6.45) is 1.87. The van der Waals surface area contributed by atoms with Gasteiger partial charge in [0.2, 0.25) is 5.91 Å². The van der Waals surface area contributed by atoms with Gasteiger partial charge in [0.25, 0.3) is 0 Å². The van der Waals surface area contributed by atoms with Gasteiger partial charge in [0, 0.05) is 37.1 Å². The van der Waals surface area contributed by atoms with Crippen LogP contribution in [-0.2, 0) is 4.79 Å². The Labute approximate surface area is 97.8 Å². The van der Waals surface area contributed by atoms with Crippen LogP contribution in [0.3, 0.4) is 0 Å². The zero-order valence-electron chi connectivity index (χ0n) is 10.5. The standard InChI is InChI=1S/C12H23N3O/c1-8(2)15-6-10-4-9(12(13)16)5-11(7-15)14(10)3/h8-11H,4-7H2,1-3H3,(H2,13,16). The van der Waals surface area contributed by atoms with Gasteiger partial charge in [0.15, 0.2) is 0 Å². The molecule has 2 fully saturated rings. The molecule has 4 heteroatoms. The quantitative estimate of drug-likeness (QED) is 0.734. The number of carbonyl (C=O) groups is 1. The van der Waals surface area contributed by atoms with Gasteiger partial charge in [-0.25, -0.2) is 0 Å². The third-order valence-corrected chi connectivity index (χ3v) is 4.29. The summed E-state index contributed by atoms with van der Waals surface area (Å²) < 4.78 is 0. The number of likely N-dealkylation sites (N-methyl/N-ethyl adjacent to an activating group) is 1. The van der Waals surface area contributed by atoms with Crippen molar-refractivity contribution in [2.75, 3.05) is 20.1 Å². The Morgan fingerprint density at radius 1 is 1.25 bits per heavy atom. The molecule has 0 aromatic heterocycles. The van der Waals surface area contributed by atoms with Crippen LogP contribution in [0.15, 0.2) is 0 Å². The molecule has 2 unspecified atom stereocenters. The lowest BCUT2D eigenvalue weighted by molar-refractivity contribution is -0.126. The van der Waals surface area contributed by atoms with E-state index in [4.69, 9.17) is 5.73 Å². The fraction of sp³-hybridized carbons (Fsp3) is 0.917. The predicted molar refractivity (Wildman–Crippen MR) is 64.0 cm³/mol. The van der Waals surface area contributed by atoms with Crippen LogP contribution in [0.4, 0.5) is 0 Å². The molecule has 2 N–H and O–H groups in total. The van der Waals surface area contributed by atoms with Crippen LogP contribution in [0.2, 0.25) is 0 Å². The summed E-state index contributed by atoms with van der Waals surface area (Å²) >= 11 is 0. The third kappa shape index (κ3) is 2.09. The topological polar surface area (TPSA) is 49.6 Å². The minimum Gasteiger partial charge on any atom is -0.369 e. The van der Waals surface area contributed by atoms with E-state index in [0.29, 0.717) is 18.1 Å². The van der Waals surface area contributed by atoms with Crippen molar-refractivity contribution < 1.29 is 4.79 Å². The number of likely N-dealkylation sites (tertiary alicyclic amines) is 1. The molecule has 4 nitrogen and oxygen atoms in total. The number of fused-ring (bicyclic) bond motifs is 2. The molecule has 2 aliphatic heterocycles. The van der Waals surface area contributed by atoms with Crippen molar-refractivity contribution in [3.05, 3.63) is 0 Å². The van der Waals surface area contributed by atoms with Gasteiger partial charge < -0.3 is 5.73 Å². The predicted octanol–water partition coefficient (Wildman–Crippen LogP) is 0.275. The smallest absolute Gasteiger partial charge is 0.220 e. The number of amides is 1. The summed E-state index contributed by atoms with van der Waals surface area (Å²) in [5, 5.41) is 0. The first kappa shape index (κ1) is 11.9. The molecule has 1 amide bonds. The number of piperidine rings is 1. The highest BCUT2D eigenvalue weighted by Crippen LogP contribution is 2.31. The van der Waals surface area contributed by atoms with E-state index in [-0.39, 0.29) is 11.8 Å². The zero-order chi connectivity index (χ0) is 11.9. The average Bonchev–Trinajstić information content (AvgIpc) is 2.15. The highest BCUT2D eigenvalue weighted by Gasteiger charge is 2.41. The van der Waals surface area contributed by atoms with Crippen molar-refractivity contribution in [3.63, 3.8) is 0 Å². The number of piperazine rings is 1. The molecule has 0 radical (unpaired) electrons. The molecule has 92 valence electrons. The van der Waals surface area contributed by atoms with E-state index in [1.54, 1.807) is 0 Å². The van der Waals surface area contributed by atoms with Gasteiger partial charge in [-0.15, -0.1) is 0 Å². The van der Waals surface area contributed by atoms with Crippen LogP contribution in [0.1, 0.15) is 26.7 Å². The minimum absolute atomic E-state index is 0.0977. The van der Waals surface area contributed by atoms with Crippen LogP contribution in [0.25, 0.3) is 0 Å². The Kier molecular flexibility index (Phi) is 3.22. The molecule has 2 atom stereocenters. The Hall–Kier alpha value is -0.610. The third-order valence-electron chi connectivity index (χ3n) is 4.29. The Morgan fingerprint density at radius 3 is 2.12 bits per heavy atom. The number of hydrogen-bond donors (Lipinski definition) is 1. The summed E-state index contributed by atoms with van der Waals surface area (Å²) in [6, 6.07) is 1.61. The summed E-state index contributed by atoms with van der Waals surface area (Å²) in [4.78, 5) is 16.3. The average molecular weight is 225 g/mol. The summed E-state index contributed by atoms with van der Waals surface area (Å²) in [7, 11) is 2.18. The van der Waals surface area contributed by atoms with Crippen molar-refractivity contribution >= 4 is 5.91 Å². The van der Waals surface area contributed by atoms with Gasteiger partial charge in [0.05, 0.1) is 0 Å². The van der Waals surface area contributed by atoms with E-state index >= 15 is 0 Å². The Morgan fingerprint density at radius 2 is 1.75 bits per heavy atom. The van der Waals surface area contributed by atoms with E-state index in [0.717, 1.165) is 25.9 Å². The Bertz CT molecular complexity index is 263. The SMILES string of the molecule is CC(C)N1CC2CC(C(N)=O)CC(C1)N2C. The number of nitrogens with two attached hydrogens (primary N) is 1. The fourth-order valence-electron chi connectivity index (χ4n) is 3.06. The largest absolute Gasteiger partial charge is 0.369 e. The molecule has 0 saturated carbocycles. The van der Waals surface area contributed by atoms with Gasteiger partial charge in [-0.05, 0) is 33.7 Å². The molecule has 0 aliphatic carbocycles. The lowest BCUT2D eigenvalue weighted by Gasteiger charge is -2.51. The van der Waals surface area contributed by atoms with Crippen LogP contribution in [0.5, 0.6) is 0 Å². The maximum absolute atomic E-state index is 11.3. The maximum atomic E-state index is 11.3. The fourth-order valence-corrected chi connectivity index (χ4v) is 3.06. The van der Waals surface area contributed by atoms with Gasteiger partial charge in [-0.3, -0.25) is 14.6 Å². The zero-order valence-corrected chi connectivity index (χ0v) is 10.5. The highest BCUT2D eigenvalue weighted by atomic mass is 16.1. The van der Waals surface area contributed by atoms with E-state index in [2.05, 4.69) is 30.7 Å². The van der Waals surface area contributed by atoms with Crippen LogP contribution in [-0.4, -0.2) is 54.0 Å². The van der Waals surface area contributed by atoms with Gasteiger partial charge in [0.1, 0.15) is 0 Å². The summed E-state index contributed by atoms with van der Waals surface area (Å²) in [5.41, 5.74) is 5.44. The first-order valence-electron chi connectivity index (χ1n) is 6.24. The second kappa shape index (κ2) is 4.34. The monoisotopic (exact) mass is 225 g/mol. The van der Waals surface area contributed by atoms with E-state index < -0.39 is 0 Å². The normalized spacial score (nSPS) is 36.6. The molecular weight excluding hydrogens is 202 g/mol. The second-order valence-corrected chi connectivity index (χ2v) is 5.59. The van der Waals surface area contributed by atoms with Crippen molar-refractivity contribution in [1.29, 1.82) is 0 Å². The maximum Gasteiger partial charge on any atom is 0.220 e. The Balaban J connectivity index is 2.07. The highest BCUT2D eigenvalue weighted by molar-refractivity contribution is 5.76. The second-order valence-electron chi connectivity index (χ2n) is 5.59. The first-order valence-corrected chi connectivity index (χ1v) is 6.24. The summed E-state index contributed by atoms with van der Waals surface area (Å²) in [5.74, 6) is -0.0124. The van der Waals surface area contributed by atoms with Gasteiger partial charge in [-0.2, -0.15) is 0 Å². The molecule has 0 aromatic carbocycles. The number of hydrogen-bond acceptors (Lipinski definition) is 3. The van der Waals surface area contributed by atoms with E-state index in [9.17, 15) is 4.79 Å². The number of carbonyl (C=O) groups excluding carboxylic acids is 1. The van der Waals surface area contributed by atoms with Crippen molar-refractivity contribution in [1.82, 2.24) is 9.80 Å². The lowest BCUT2D eigenvalue weighted by atomic mass is 9.83. The minimum atomic E-state index is -0.110. The molecule has 0 aromatic rings. The van der Waals surface area contributed by atoms with E-state index in [1.807, 2.05) is 0 Å². The first-order chi connectivity index (χ1) is 7.49. The molecule has 16 heavy (non-hydrogen) atoms. The van der Waals surface area contributed by atoms with Crippen LogP contribution < -0.4 is 5.73 Å². The van der Waals surface area contributed by atoms with Crippen LogP contribution >= 0.6 is 0 Å². The molecule has 0 spiro atoms. The molecule has 2 heterocycles. The number of primary amides is 1. The number of rotatable bonds is 2. The van der Waals surface area contributed by atoms with Crippen molar-refractivity contribution in [2.45, 2.75) is 44.8 Å². The lowest BCUT2D eigenvalue weighted by Crippen LogP contribution is -2.62. The molecule has 2 rings (SSSR count). The van der Waals surface area contributed by atoms with Gasteiger partial charge >= 0.3 is 0 Å². The molecule has 2 aliphatic rings. The molecular formula is C12H23N3O. The van der Waals surface area contributed by atoms with Crippen molar-refractivity contribution in [3.8, 4) is 0 Å². The summed E-state index contributed by atoms with van der Waals surface area (Å²) in [6.45, 7) is 6.64. The van der Waals surface area contributed by atoms with Gasteiger partial charge in [-0.1, -0.05) is 0 Å². The molecule has 2 saturated heterocycles. The van der Waals surface area contributed by atoms with Crippen LogP contribution in [0, 0.1) is 5.92 Å².